The Kier molecular flexibility index (Phi) is 2.25. The summed E-state index contributed by atoms with van der Waals surface area (Å²) >= 11 is 0. The van der Waals surface area contributed by atoms with Gasteiger partial charge in [0, 0.05) is 31.5 Å². The predicted molar refractivity (Wildman–Crippen MR) is 39.2 cm³/mol. The van der Waals surface area contributed by atoms with E-state index >= 15 is 0 Å². The maximum absolute atomic E-state index is 8.41. The van der Waals surface area contributed by atoms with Crippen LogP contribution in [0.4, 0.5) is 0 Å². The molecule has 0 unspecified atom stereocenters. The van der Waals surface area contributed by atoms with Crippen LogP contribution in [0.3, 0.4) is 0 Å². The topological polar surface area (TPSA) is 53.0 Å². The van der Waals surface area contributed by atoms with Crippen molar-refractivity contribution in [2.24, 2.45) is 11.7 Å². The number of nitriles is 1. The first-order valence-corrected chi connectivity index (χ1v) is 3.55. The summed E-state index contributed by atoms with van der Waals surface area (Å²) in [6, 6.07) is 2.37. The summed E-state index contributed by atoms with van der Waals surface area (Å²) in [5.74, 6) is 0.398. The lowest BCUT2D eigenvalue weighted by atomic mass is 10.0. The van der Waals surface area contributed by atoms with Crippen molar-refractivity contribution in [1.29, 1.82) is 5.26 Å². The Morgan fingerprint density at radius 1 is 1.70 bits per heavy atom. The Balaban J connectivity index is 2.40. The number of likely N-dealkylation sites (N-methyl/N-ethyl adjacent to an activating group) is 1. The van der Waals surface area contributed by atoms with Crippen LogP contribution in [0.2, 0.25) is 0 Å². The van der Waals surface area contributed by atoms with Crippen LogP contribution >= 0.6 is 0 Å². The highest BCUT2D eigenvalue weighted by Gasteiger charge is 2.26. The van der Waals surface area contributed by atoms with Gasteiger partial charge >= 0.3 is 0 Å². The molecule has 0 bridgehead atoms. The molecule has 10 heavy (non-hydrogen) atoms. The zero-order valence-electron chi connectivity index (χ0n) is 6.25. The average molecular weight is 139 g/mol. The fraction of sp³-hybridized carbons (Fsp3) is 0.857. The van der Waals surface area contributed by atoms with E-state index in [4.69, 9.17) is 11.0 Å². The first-order valence-electron chi connectivity index (χ1n) is 3.55. The maximum Gasteiger partial charge on any atom is 0.0625 e. The summed E-state index contributed by atoms with van der Waals surface area (Å²) in [6.45, 7) is 1.92. The number of likely N-dealkylation sites (tertiary alicyclic amines) is 1. The van der Waals surface area contributed by atoms with Gasteiger partial charge in [0.05, 0.1) is 6.07 Å². The summed E-state index contributed by atoms with van der Waals surface area (Å²) in [5, 5.41) is 8.41. The standard InChI is InChI=1S/C7H13N3/c1-10-4-6(2-3-8)7(9)5-10/h6-7H,2,4-5,9H2,1H3/t6-,7-/m0/s1. The minimum Gasteiger partial charge on any atom is -0.326 e. The highest BCUT2D eigenvalue weighted by Crippen LogP contribution is 2.15. The van der Waals surface area contributed by atoms with Crippen LogP contribution in [0.5, 0.6) is 0 Å². The first-order chi connectivity index (χ1) is 4.74. The smallest absolute Gasteiger partial charge is 0.0625 e. The van der Waals surface area contributed by atoms with Crippen molar-refractivity contribution in [1.82, 2.24) is 4.90 Å². The highest BCUT2D eigenvalue weighted by atomic mass is 15.1. The molecule has 1 fully saturated rings. The van der Waals surface area contributed by atoms with E-state index in [1.807, 2.05) is 7.05 Å². The van der Waals surface area contributed by atoms with Gasteiger partial charge in [-0.15, -0.1) is 0 Å². The Morgan fingerprint density at radius 3 is 2.80 bits per heavy atom. The molecule has 0 aliphatic carbocycles. The van der Waals surface area contributed by atoms with E-state index in [1.54, 1.807) is 0 Å². The third-order valence-corrected chi connectivity index (χ3v) is 2.03. The summed E-state index contributed by atoms with van der Waals surface area (Å²) < 4.78 is 0. The molecule has 2 N–H and O–H groups in total. The predicted octanol–water partition coefficient (Wildman–Crippen LogP) is -0.211. The van der Waals surface area contributed by atoms with Crippen molar-refractivity contribution in [2.45, 2.75) is 12.5 Å². The van der Waals surface area contributed by atoms with Crippen molar-refractivity contribution >= 4 is 0 Å². The molecule has 0 saturated carbocycles. The first kappa shape index (κ1) is 7.52. The van der Waals surface area contributed by atoms with Crippen LogP contribution in [0.15, 0.2) is 0 Å². The van der Waals surface area contributed by atoms with E-state index in [9.17, 15) is 0 Å². The Morgan fingerprint density at radius 2 is 2.40 bits per heavy atom. The molecule has 0 spiro atoms. The fourth-order valence-electron chi connectivity index (χ4n) is 1.45. The van der Waals surface area contributed by atoms with Gasteiger partial charge in [-0.2, -0.15) is 5.26 Å². The van der Waals surface area contributed by atoms with E-state index in [0.29, 0.717) is 12.3 Å². The quantitative estimate of drug-likeness (QED) is 0.547. The van der Waals surface area contributed by atoms with Gasteiger partial charge in [-0.3, -0.25) is 0 Å². The molecule has 1 aliphatic rings. The number of nitrogens with zero attached hydrogens (tertiary/aromatic N) is 2. The Bertz CT molecular complexity index is 149. The second kappa shape index (κ2) is 3.00. The zero-order chi connectivity index (χ0) is 7.56. The molecule has 56 valence electrons. The van der Waals surface area contributed by atoms with Gasteiger partial charge in [-0.1, -0.05) is 0 Å². The molecule has 1 rings (SSSR count). The average Bonchev–Trinajstić information content (AvgIpc) is 2.13. The molecule has 0 aromatic rings. The largest absolute Gasteiger partial charge is 0.326 e. The molecule has 0 amide bonds. The van der Waals surface area contributed by atoms with Crippen LogP contribution in [-0.4, -0.2) is 31.1 Å². The molecule has 1 saturated heterocycles. The molecular formula is C7H13N3. The highest BCUT2D eigenvalue weighted by molar-refractivity contribution is 4.90. The number of nitrogens with two attached hydrogens (primary N) is 1. The maximum atomic E-state index is 8.41. The SMILES string of the molecule is CN1C[C@H](CC#N)[C@@H](N)C1. The molecule has 0 radical (unpaired) electrons. The molecule has 1 aliphatic heterocycles. The third kappa shape index (κ3) is 1.47. The molecule has 0 aromatic carbocycles. The van der Waals surface area contributed by atoms with Gasteiger partial charge in [0.1, 0.15) is 0 Å². The van der Waals surface area contributed by atoms with Crippen LogP contribution in [0.1, 0.15) is 6.42 Å². The summed E-state index contributed by atoms with van der Waals surface area (Å²) in [4.78, 5) is 2.17. The second-order valence-corrected chi connectivity index (χ2v) is 3.01. The zero-order valence-corrected chi connectivity index (χ0v) is 6.25. The Labute approximate surface area is 61.4 Å². The van der Waals surface area contributed by atoms with Crippen LogP contribution in [-0.2, 0) is 0 Å². The molecule has 3 nitrogen and oxygen atoms in total. The summed E-state index contributed by atoms with van der Waals surface area (Å²) in [7, 11) is 2.04. The number of rotatable bonds is 1. The number of hydrogen-bond donors (Lipinski definition) is 1. The molecular weight excluding hydrogens is 126 g/mol. The van der Waals surface area contributed by atoms with E-state index in [0.717, 1.165) is 13.1 Å². The summed E-state index contributed by atoms with van der Waals surface area (Å²) in [5.41, 5.74) is 5.76. The van der Waals surface area contributed by atoms with Gasteiger partial charge < -0.3 is 10.6 Å². The van der Waals surface area contributed by atoms with Crippen molar-refractivity contribution in [3.05, 3.63) is 0 Å². The van der Waals surface area contributed by atoms with Gasteiger partial charge in [-0.25, -0.2) is 0 Å². The lowest BCUT2D eigenvalue weighted by Gasteiger charge is -2.07. The van der Waals surface area contributed by atoms with E-state index < -0.39 is 0 Å². The van der Waals surface area contributed by atoms with Crippen molar-refractivity contribution in [3.8, 4) is 6.07 Å². The Hall–Kier alpha value is -0.590. The van der Waals surface area contributed by atoms with Gasteiger partial charge in [0.15, 0.2) is 0 Å². The van der Waals surface area contributed by atoms with Gasteiger partial charge in [0.25, 0.3) is 0 Å². The minimum atomic E-state index is 0.213. The fourth-order valence-corrected chi connectivity index (χ4v) is 1.45. The van der Waals surface area contributed by atoms with E-state index in [1.165, 1.54) is 0 Å². The summed E-state index contributed by atoms with van der Waals surface area (Å²) in [6.07, 6.45) is 0.603. The van der Waals surface area contributed by atoms with E-state index in [2.05, 4.69) is 11.0 Å². The minimum absolute atomic E-state index is 0.213. The second-order valence-electron chi connectivity index (χ2n) is 3.01. The van der Waals surface area contributed by atoms with Crippen molar-refractivity contribution in [3.63, 3.8) is 0 Å². The van der Waals surface area contributed by atoms with Crippen LogP contribution in [0.25, 0.3) is 0 Å². The van der Waals surface area contributed by atoms with Gasteiger partial charge in [0.2, 0.25) is 0 Å². The molecule has 0 aromatic heterocycles. The third-order valence-electron chi connectivity index (χ3n) is 2.03. The lowest BCUT2D eigenvalue weighted by molar-refractivity contribution is 0.396. The monoisotopic (exact) mass is 139 g/mol. The van der Waals surface area contributed by atoms with Crippen LogP contribution < -0.4 is 5.73 Å². The molecule has 3 heteroatoms. The number of hydrogen-bond acceptors (Lipinski definition) is 3. The van der Waals surface area contributed by atoms with E-state index in [-0.39, 0.29) is 6.04 Å². The normalized spacial score (nSPS) is 34.1. The van der Waals surface area contributed by atoms with Crippen molar-refractivity contribution in [2.75, 3.05) is 20.1 Å². The molecule has 1 heterocycles. The van der Waals surface area contributed by atoms with Crippen LogP contribution in [0, 0.1) is 17.2 Å². The molecule has 2 atom stereocenters. The van der Waals surface area contributed by atoms with Gasteiger partial charge in [-0.05, 0) is 7.05 Å². The lowest BCUT2D eigenvalue weighted by Crippen LogP contribution is -2.28. The van der Waals surface area contributed by atoms with Crippen molar-refractivity contribution < 1.29 is 0 Å².